The van der Waals surface area contributed by atoms with Gasteiger partial charge in [-0.25, -0.2) is 4.98 Å². The summed E-state index contributed by atoms with van der Waals surface area (Å²) < 4.78 is 0. The fraction of sp³-hybridized carbons (Fsp3) is 0.583. The van der Waals surface area contributed by atoms with Crippen molar-refractivity contribution in [2.75, 3.05) is 19.6 Å². The van der Waals surface area contributed by atoms with Crippen LogP contribution in [0.3, 0.4) is 0 Å². The van der Waals surface area contributed by atoms with Gasteiger partial charge in [0.1, 0.15) is 5.69 Å². The van der Waals surface area contributed by atoms with Crippen LogP contribution in [0.5, 0.6) is 0 Å². The molecule has 0 aromatic carbocycles. The van der Waals surface area contributed by atoms with Gasteiger partial charge in [-0.1, -0.05) is 6.92 Å². The number of amides is 1. The van der Waals surface area contributed by atoms with Crippen LogP contribution in [-0.4, -0.2) is 46.5 Å². The second kappa shape index (κ2) is 5.72. The van der Waals surface area contributed by atoms with Crippen LogP contribution in [0.1, 0.15) is 30.3 Å². The Morgan fingerprint density at radius 3 is 3.06 bits per heavy atom. The van der Waals surface area contributed by atoms with E-state index in [1.807, 2.05) is 4.90 Å². The number of hydrogen-bond donors (Lipinski definition) is 1. The Balaban J connectivity index is 2.12. The Hall–Kier alpha value is -1.49. The van der Waals surface area contributed by atoms with Crippen LogP contribution in [0.15, 0.2) is 18.6 Å². The molecule has 1 atom stereocenters. The lowest BCUT2D eigenvalue weighted by Gasteiger charge is -2.27. The Labute approximate surface area is 101 Å². The summed E-state index contributed by atoms with van der Waals surface area (Å²) in [5.74, 6) is -0.00588. The average molecular weight is 234 g/mol. The van der Waals surface area contributed by atoms with Crippen LogP contribution in [0.25, 0.3) is 0 Å². The van der Waals surface area contributed by atoms with E-state index in [2.05, 4.69) is 22.2 Å². The first kappa shape index (κ1) is 12.0. The van der Waals surface area contributed by atoms with Gasteiger partial charge >= 0.3 is 0 Å². The number of aromatic nitrogens is 2. The number of carbonyl (C=O) groups is 1. The molecule has 1 amide bonds. The minimum absolute atomic E-state index is 0.00588. The molecule has 0 radical (unpaired) electrons. The highest BCUT2D eigenvalue weighted by Crippen LogP contribution is 2.12. The molecule has 5 nitrogen and oxygen atoms in total. The fourth-order valence-electron chi connectivity index (χ4n) is 2.15. The molecule has 1 aliphatic rings. The zero-order valence-corrected chi connectivity index (χ0v) is 10.1. The lowest BCUT2D eigenvalue weighted by atomic mass is 10.2. The number of rotatable bonds is 4. The van der Waals surface area contributed by atoms with Gasteiger partial charge < -0.3 is 10.2 Å². The molecular formula is C12H18N4O. The summed E-state index contributed by atoms with van der Waals surface area (Å²) in [5, 5.41) is 3.29. The summed E-state index contributed by atoms with van der Waals surface area (Å²) in [6.07, 6.45) is 6.66. The van der Waals surface area contributed by atoms with Gasteiger partial charge in [-0.15, -0.1) is 0 Å². The lowest BCUT2D eigenvalue weighted by Crippen LogP contribution is -2.42. The summed E-state index contributed by atoms with van der Waals surface area (Å²) in [5.41, 5.74) is 0.438. The minimum Gasteiger partial charge on any atom is -0.333 e. The highest BCUT2D eigenvalue weighted by atomic mass is 16.2. The molecular weight excluding hydrogens is 216 g/mol. The van der Waals surface area contributed by atoms with E-state index in [0.29, 0.717) is 11.7 Å². The molecule has 2 rings (SSSR count). The SMILES string of the molecule is CCCN(C(=O)c1cnccn1)C1CCNC1. The normalized spacial score (nSPS) is 19.2. The van der Waals surface area contributed by atoms with Crippen LogP contribution in [-0.2, 0) is 0 Å². The van der Waals surface area contributed by atoms with Crippen molar-refractivity contribution in [2.24, 2.45) is 0 Å². The van der Waals surface area contributed by atoms with E-state index in [1.54, 1.807) is 12.4 Å². The second-order valence-electron chi connectivity index (χ2n) is 4.24. The van der Waals surface area contributed by atoms with Crippen LogP contribution in [0.4, 0.5) is 0 Å². The first-order chi connectivity index (χ1) is 8.33. The largest absolute Gasteiger partial charge is 0.333 e. The molecule has 1 unspecified atom stereocenters. The summed E-state index contributed by atoms with van der Waals surface area (Å²) in [4.78, 5) is 22.3. The van der Waals surface area contributed by atoms with Crippen molar-refractivity contribution in [1.82, 2.24) is 20.2 Å². The van der Waals surface area contributed by atoms with E-state index in [9.17, 15) is 4.79 Å². The van der Waals surface area contributed by atoms with E-state index in [-0.39, 0.29) is 5.91 Å². The van der Waals surface area contributed by atoms with E-state index < -0.39 is 0 Å². The fourth-order valence-corrected chi connectivity index (χ4v) is 2.15. The molecule has 92 valence electrons. The third-order valence-corrected chi connectivity index (χ3v) is 2.98. The lowest BCUT2D eigenvalue weighted by molar-refractivity contribution is 0.0685. The third-order valence-electron chi connectivity index (χ3n) is 2.98. The Bertz CT molecular complexity index is 362. The molecule has 1 aromatic heterocycles. The molecule has 1 saturated heterocycles. The van der Waals surface area contributed by atoms with Gasteiger partial charge in [0.25, 0.3) is 5.91 Å². The number of carbonyl (C=O) groups excluding carboxylic acids is 1. The smallest absolute Gasteiger partial charge is 0.274 e. The molecule has 17 heavy (non-hydrogen) atoms. The predicted molar refractivity (Wildman–Crippen MR) is 64.6 cm³/mol. The van der Waals surface area contributed by atoms with E-state index in [1.165, 1.54) is 6.20 Å². The standard InChI is InChI=1S/C12H18N4O/c1-2-7-16(10-3-4-13-8-10)12(17)11-9-14-5-6-15-11/h5-6,9-10,13H,2-4,7-8H2,1H3. The van der Waals surface area contributed by atoms with Crippen molar-refractivity contribution in [2.45, 2.75) is 25.8 Å². The Kier molecular flexibility index (Phi) is 4.03. The maximum absolute atomic E-state index is 12.3. The Morgan fingerprint density at radius 1 is 1.59 bits per heavy atom. The summed E-state index contributed by atoms with van der Waals surface area (Å²) in [6, 6.07) is 0.296. The van der Waals surface area contributed by atoms with Gasteiger partial charge in [0.05, 0.1) is 6.20 Å². The van der Waals surface area contributed by atoms with Gasteiger partial charge in [-0.2, -0.15) is 0 Å². The number of nitrogens with one attached hydrogen (secondary N) is 1. The topological polar surface area (TPSA) is 58.1 Å². The van der Waals surface area contributed by atoms with Gasteiger partial charge in [0.15, 0.2) is 0 Å². The predicted octanol–water partition coefficient (Wildman–Crippen LogP) is 0.691. The summed E-state index contributed by atoms with van der Waals surface area (Å²) in [7, 11) is 0. The van der Waals surface area contributed by atoms with Crippen molar-refractivity contribution >= 4 is 5.91 Å². The van der Waals surface area contributed by atoms with Crippen LogP contribution in [0, 0.1) is 0 Å². The highest BCUT2D eigenvalue weighted by Gasteiger charge is 2.27. The summed E-state index contributed by atoms with van der Waals surface area (Å²) >= 11 is 0. The Morgan fingerprint density at radius 2 is 2.47 bits per heavy atom. The van der Waals surface area contributed by atoms with Crippen molar-refractivity contribution in [1.29, 1.82) is 0 Å². The summed E-state index contributed by atoms with van der Waals surface area (Å²) in [6.45, 7) is 4.73. The van der Waals surface area contributed by atoms with Crippen molar-refractivity contribution in [3.05, 3.63) is 24.3 Å². The maximum Gasteiger partial charge on any atom is 0.274 e. The molecule has 1 aromatic rings. The van der Waals surface area contributed by atoms with Gasteiger partial charge in [-0.05, 0) is 19.4 Å². The maximum atomic E-state index is 12.3. The first-order valence-electron chi connectivity index (χ1n) is 6.10. The van der Waals surface area contributed by atoms with Gasteiger partial charge in [0, 0.05) is 31.5 Å². The first-order valence-corrected chi connectivity index (χ1v) is 6.10. The minimum atomic E-state index is -0.00588. The monoisotopic (exact) mass is 234 g/mol. The molecule has 0 aliphatic carbocycles. The van der Waals surface area contributed by atoms with Gasteiger partial charge in [-0.3, -0.25) is 9.78 Å². The van der Waals surface area contributed by atoms with Crippen molar-refractivity contribution < 1.29 is 4.79 Å². The van der Waals surface area contributed by atoms with E-state index >= 15 is 0 Å². The number of nitrogens with zero attached hydrogens (tertiary/aromatic N) is 3. The van der Waals surface area contributed by atoms with Crippen LogP contribution in [0.2, 0.25) is 0 Å². The van der Waals surface area contributed by atoms with E-state index in [0.717, 1.165) is 32.5 Å². The highest BCUT2D eigenvalue weighted by molar-refractivity contribution is 5.92. The molecule has 0 spiro atoms. The molecule has 0 bridgehead atoms. The molecule has 1 fully saturated rings. The van der Waals surface area contributed by atoms with E-state index in [4.69, 9.17) is 0 Å². The zero-order chi connectivity index (χ0) is 12.1. The third kappa shape index (κ3) is 2.79. The zero-order valence-electron chi connectivity index (χ0n) is 10.1. The van der Waals surface area contributed by atoms with Crippen molar-refractivity contribution in [3.63, 3.8) is 0 Å². The quantitative estimate of drug-likeness (QED) is 0.832. The molecule has 1 aliphatic heterocycles. The van der Waals surface area contributed by atoms with Gasteiger partial charge in [0.2, 0.25) is 0 Å². The molecule has 0 saturated carbocycles. The second-order valence-corrected chi connectivity index (χ2v) is 4.24. The molecule has 1 N–H and O–H groups in total. The molecule has 2 heterocycles. The molecule has 5 heteroatoms. The van der Waals surface area contributed by atoms with Crippen LogP contribution >= 0.6 is 0 Å². The van der Waals surface area contributed by atoms with Crippen LogP contribution < -0.4 is 5.32 Å². The number of hydrogen-bond acceptors (Lipinski definition) is 4. The average Bonchev–Trinajstić information content (AvgIpc) is 2.90. The van der Waals surface area contributed by atoms with Crippen molar-refractivity contribution in [3.8, 4) is 0 Å².